The number of piperidine rings is 1. The average molecular weight is 473 g/mol. The third-order valence-electron chi connectivity index (χ3n) is 7.58. The zero-order chi connectivity index (χ0) is 24.3. The molecule has 3 aliphatic heterocycles. The van der Waals surface area contributed by atoms with Crippen LogP contribution in [0.1, 0.15) is 77.9 Å². The van der Waals surface area contributed by atoms with Crippen molar-refractivity contribution in [2.45, 2.75) is 84.0 Å². The van der Waals surface area contributed by atoms with Crippen LogP contribution in [0, 0.1) is 11.8 Å². The summed E-state index contributed by atoms with van der Waals surface area (Å²) in [4.78, 5) is 25.8. The predicted molar refractivity (Wildman–Crippen MR) is 130 cm³/mol. The normalized spacial score (nSPS) is 27.0. The van der Waals surface area contributed by atoms with Crippen molar-refractivity contribution in [1.82, 2.24) is 10.2 Å². The Kier molecular flexibility index (Phi) is 7.70. The molecule has 0 spiro atoms. The van der Waals surface area contributed by atoms with E-state index in [-0.39, 0.29) is 35.5 Å². The summed E-state index contributed by atoms with van der Waals surface area (Å²) in [5, 5.41) is 2.81. The van der Waals surface area contributed by atoms with Crippen LogP contribution in [-0.4, -0.2) is 54.7 Å². The van der Waals surface area contributed by atoms with Crippen LogP contribution in [-0.2, 0) is 14.3 Å². The topological polar surface area (TPSA) is 77.1 Å². The zero-order valence-electron chi connectivity index (χ0n) is 21.1. The molecule has 3 heterocycles. The second kappa shape index (κ2) is 10.5. The first-order chi connectivity index (χ1) is 16.3. The smallest absolute Gasteiger partial charge is 0.222 e. The molecular weight excluding hydrogens is 432 g/mol. The van der Waals surface area contributed by atoms with E-state index in [9.17, 15) is 9.59 Å². The fourth-order valence-electron chi connectivity index (χ4n) is 5.79. The zero-order valence-corrected chi connectivity index (χ0v) is 21.1. The Labute approximate surface area is 203 Å². The summed E-state index contributed by atoms with van der Waals surface area (Å²) >= 11 is 0. The highest BCUT2D eigenvalue weighted by Gasteiger charge is 2.52. The van der Waals surface area contributed by atoms with Crippen LogP contribution in [0.5, 0.6) is 11.5 Å². The number of carbonyl (C=O) groups is 2. The molecule has 1 aromatic carbocycles. The van der Waals surface area contributed by atoms with Gasteiger partial charge < -0.3 is 24.4 Å². The van der Waals surface area contributed by atoms with Crippen LogP contribution in [0.25, 0.3) is 0 Å². The number of rotatable bonds is 8. The Morgan fingerprint density at radius 1 is 1.24 bits per heavy atom. The number of hydrogen-bond acceptors (Lipinski definition) is 5. The monoisotopic (exact) mass is 472 g/mol. The van der Waals surface area contributed by atoms with Crippen molar-refractivity contribution in [2.75, 3.05) is 26.2 Å². The molecule has 188 valence electrons. The SMILES string of the molecule is CCOc1cccc2c1OC(C)(C)[C@@H]1C[C@@H]3CN(C(=O)CCCCCNC(C)=O)CC[C@H]3O[C@@H]21. The van der Waals surface area contributed by atoms with Crippen molar-refractivity contribution in [3.8, 4) is 11.5 Å². The second-order valence-corrected chi connectivity index (χ2v) is 10.4. The summed E-state index contributed by atoms with van der Waals surface area (Å²) in [7, 11) is 0. The van der Waals surface area contributed by atoms with Gasteiger partial charge in [-0.25, -0.2) is 0 Å². The molecule has 2 fully saturated rings. The van der Waals surface area contributed by atoms with E-state index in [0.717, 1.165) is 62.3 Å². The molecule has 0 aliphatic carbocycles. The summed E-state index contributed by atoms with van der Waals surface area (Å²) in [5.74, 6) is 2.40. The van der Waals surface area contributed by atoms with E-state index in [2.05, 4.69) is 25.2 Å². The molecule has 2 amide bonds. The second-order valence-electron chi connectivity index (χ2n) is 10.4. The van der Waals surface area contributed by atoms with Crippen molar-refractivity contribution >= 4 is 11.8 Å². The molecule has 34 heavy (non-hydrogen) atoms. The number of nitrogens with zero attached hydrogens (tertiary/aromatic N) is 1. The third kappa shape index (κ3) is 5.35. The number of amides is 2. The standard InChI is InChI=1S/C27H40N2O5/c1-5-32-23-11-9-10-20-25-21(27(3,4)34-26(20)23)16-19-17-29(15-13-22(19)33-25)24(31)12-7-6-8-14-28-18(2)30/h9-11,19,21-22,25H,5-8,12-17H2,1-4H3,(H,28,30)/t19-,21-,22-,25+/m1/s1. The quantitative estimate of drug-likeness (QED) is 0.573. The summed E-state index contributed by atoms with van der Waals surface area (Å²) in [6.07, 6.45) is 5.33. The molecular formula is C27H40N2O5. The first kappa shape index (κ1) is 24.8. The fourth-order valence-corrected chi connectivity index (χ4v) is 5.79. The van der Waals surface area contributed by atoms with E-state index in [1.165, 1.54) is 6.92 Å². The first-order valence-electron chi connectivity index (χ1n) is 12.9. The molecule has 1 N–H and O–H groups in total. The van der Waals surface area contributed by atoms with Gasteiger partial charge in [-0.1, -0.05) is 18.6 Å². The van der Waals surface area contributed by atoms with Gasteiger partial charge in [0.05, 0.1) is 18.8 Å². The maximum atomic E-state index is 12.9. The molecule has 7 nitrogen and oxygen atoms in total. The minimum absolute atomic E-state index is 0.000604. The van der Waals surface area contributed by atoms with Gasteiger partial charge in [-0.2, -0.15) is 0 Å². The van der Waals surface area contributed by atoms with Crippen LogP contribution in [0.3, 0.4) is 0 Å². The molecule has 0 aromatic heterocycles. The molecule has 4 rings (SSSR count). The number of unbranched alkanes of at least 4 members (excludes halogenated alkanes) is 2. The Morgan fingerprint density at radius 3 is 2.82 bits per heavy atom. The molecule has 3 aliphatic rings. The molecule has 0 unspecified atom stereocenters. The number of hydrogen-bond donors (Lipinski definition) is 1. The van der Waals surface area contributed by atoms with Gasteiger partial charge in [0.2, 0.25) is 11.8 Å². The van der Waals surface area contributed by atoms with Crippen molar-refractivity contribution in [3.05, 3.63) is 23.8 Å². The lowest BCUT2D eigenvalue weighted by molar-refractivity contribution is -0.189. The van der Waals surface area contributed by atoms with Crippen molar-refractivity contribution in [2.24, 2.45) is 11.8 Å². The van der Waals surface area contributed by atoms with Crippen molar-refractivity contribution < 1.29 is 23.8 Å². The van der Waals surface area contributed by atoms with Gasteiger partial charge in [0, 0.05) is 50.4 Å². The van der Waals surface area contributed by atoms with Crippen molar-refractivity contribution in [3.63, 3.8) is 0 Å². The van der Waals surface area contributed by atoms with E-state index in [1.54, 1.807) is 0 Å². The third-order valence-corrected chi connectivity index (χ3v) is 7.58. The van der Waals surface area contributed by atoms with E-state index >= 15 is 0 Å². The van der Waals surface area contributed by atoms with Gasteiger partial charge in [0.25, 0.3) is 0 Å². The van der Waals surface area contributed by atoms with Crippen LogP contribution < -0.4 is 14.8 Å². The molecule has 0 saturated carbocycles. The van der Waals surface area contributed by atoms with E-state index in [0.29, 0.717) is 25.5 Å². The number of nitrogens with one attached hydrogen (secondary N) is 1. The van der Waals surface area contributed by atoms with E-state index < -0.39 is 0 Å². The van der Waals surface area contributed by atoms with Gasteiger partial charge in [0.1, 0.15) is 5.60 Å². The number of carbonyl (C=O) groups excluding carboxylic acids is 2. The largest absolute Gasteiger partial charge is 0.490 e. The maximum Gasteiger partial charge on any atom is 0.222 e. The highest BCUT2D eigenvalue weighted by molar-refractivity contribution is 5.76. The van der Waals surface area contributed by atoms with Crippen LogP contribution >= 0.6 is 0 Å². The van der Waals surface area contributed by atoms with Gasteiger partial charge in [-0.05, 0) is 52.5 Å². The van der Waals surface area contributed by atoms with Crippen LogP contribution in [0.4, 0.5) is 0 Å². The highest BCUT2D eigenvalue weighted by atomic mass is 16.5. The number of fused-ring (bicyclic) bond motifs is 4. The minimum Gasteiger partial charge on any atom is -0.490 e. The molecule has 1 aromatic rings. The fraction of sp³-hybridized carbons (Fsp3) is 0.704. The summed E-state index contributed by atoms with van der Waals surface area (Å²) in [6, 6.07) is 6.10. The van der Waals surface area contributed by atoms with Crippen molar-refractivity contribution in [1.29, 1.82) is 0 Å². The Hall–Kier alpha value is -2.28. The lowest BCUT2D eigenvalue weighted by atomic mass is 9.70. The van der Waals surface area contributed by atoms with Crippen LogP contribution in [0.15, 0.2) is 18.2 Å². The number of likely N-dealkylation sites (tertiary alicyclic amines) is 1. The number of ether oxygens (including phenoxy) is 3. The molecule has 2 saturated heterocycles. The first-order valence-corrected chi connectivity index (χ1v) is 12.9. The minimum atomic E-state index is -0.379. The summed E-state index contributed by atoms with van der Waals surface area (Å²) < 4.78 is 19.1. The Balaban J connectivity index is 1.36. The molecule has 4 atom stereocenters. The van der Waals surface area contributed by atoms with Gasteiger partial charge in [-0.3, -0.25) is 9.59 Å². The lowest BCUT2D eigenvalue weighted by Crippen LogP contribution is -2.56. The Morgan fingerprint density at radius 2 is 2.06 bits per heavy atom. The molecule has 7 heteroatoms. The van der Waals surface area contributed by atoms with Gasteiger partial charge in [-0.15, -0.1) is 0 Å². The number of para-hydroxylation sites is 1. The Bertz CT molecular complexity index is 886. The predicted octanol–water partition coefficient (Wildman–Crippen LogP) is 4.25. The lowest BCUT2D eigenvalue weighted by Gasteiger charge is -2.53. The molecule has 0 bridgehead atoms. The summed E-state index contributed by atoms with van der Waals surface area (Å²) in [6.45, 7) is 10.6. The van der Waals surface area contributed by atoms with E-state index in [4.69, 9.17) is 14.2 Å². The highest BCUT2D eigenvalue weighted by Crippen LogP contribution is 2.55. The summed E-state index contributed by atoms with van der Waals surface area (Å²) in [5.41, 5.74) is 0.710. The van der Waals surface area contributed by atoms with E-state index in [1.807, 2.05) is 24.0 Å². The number of benzene rings is 1. The average Bonchev–Trinajstić information content (AvgIpc) is 2.80. The van der Waals surface area contributed by atoms with Crippen LogP contribution in [0.2, 0.25) is 0 Å². The molecule has 0 radical (unpaired) electrons. The van der Waals surface area contributed by atoms with Gasteiger partial charge >= 0.3 is 0 Å². The van der Waals surface area contributed by atoms with Gasteiger partial charge in [0.15, 0.2) is 11.5 Å². The maximum absolute atomic E-state index is 12.9.